The molecule has 2 saturated carbocycles. The molecular weight excluding hydrogens is 390 g/mol. The fourth-order valence-corrected chi connectivity index (χ4v) is 5.53. The monoisotopic (exact) mass is 429 g/mol. The van der Waals surface area contributed by atoms with Crippen molar-refractivity contribution in [1.29, 1.82) is 0 Å². The van der Waals surface area contributed by atoms with Crippen molar-refractivity contribution in [3.8, 4) is 5.75 Å². The zero-order valence-corrected chi connectivity index (χ0v) is 19.2. The van der Waals surface area contributed by atoms with Gasteiger partial charge in [0.1, 0.15) is 5.75 Å². The molecule has 3 aliphatic rings. The number of hydrogen-bond acceptors (Lipinski definition) is 5. The summed E-state index contributed by atoms with van der Waals surface area (Å²) in [5, 5.41) is 0. The van der Waals surface area contributed by atoms with Crippen LogP contribution >= 0.6 is 0 Å². The van der Waals surface area contributed by atoms with Gasteiger partial charge in [0.25, 0.3) is 0 Å². The van der Waals surface area contributed by atoms with Crippen molar-refractivity contribution in [2.75, 3.05) is 0 Å². The van der Waals surface area contributed by atoms with Crippen LogP contribution in [0.4, 0.5) is 0 Å². The third-order valence-corrected chi connectivity index (χ3v) is 7.47. The van der Waals surface area contributed by atoms with Crippen LogP contribution in [0.1, 0.15) is 89.5 Å². The number of ether oxygens (including phenoxy) is 2. The second kappa shape index (κ2) is 9.62. The molecule has 172 valence electrons. The summed E-state index contributed by atoms with van der Waals surface area (Å²) in [4.78, 5) is 11.8. The second-order valence-electron chi connectivity index (χ2n) is 9.84. The van der Waals surface area contributed by atoms with Crippen LogP contribution in [0.15, 0.2) is 36.9 Å². The molecule has 5 nitrogen and oxygen atoms in total. The van der Waals surface area contributed by atoms with E-state index in [2.05, 4.69) is 37.8 Å². The zero-order chi connectivity index (χ0) is 21.9. The maximum Gasteiger partial charge on any atom is 0.205 e. The van der Waals surface area contributed by atoms with Crippen molar-refractivity contribution in [2.24, 2.45) is 11.7 Å². The van der Waals surface area contributed by atoms with Crippen molar-refractivity contribution in [3.63, 3.8) is 0 Å². The van der Waals surface area contributed by atoms with Crippen LogP contribution < -0.4 is 10.5 Å². The van der Waals surface area contributed by atoms with E-state index in [4.69, 9.17) is 25.0 Å². The molecule has 2 N–H and O–H groups in total. The maximum atomic E-state index is 6.54. The summed E-state index contributed by atoms with van der Waals surface area (Å²) >= 11 is 0. The Morgan fingerprint density at radius 3 is 2.58 bits per heavy atom. The summed E-state index contributed by atoms with van der Waals surface area (Å²) in [6, 6.07) is 8.97. The number of hydrogen-bond donors (Lipinski definition) is 1. The van der Waals surface area contributed by atoms with Gasteiger partial charge in [-0.3, -0.25) is 0 Å². The molecule has 1 aliphatic heterocycles. The van der Waals surface area contributed by atoms with Crippen LogP contribution in [0.3, 0.4) is 0 Å². The van der Waals surface area contributed by atoms with Crippen molar-refractivity contribution >= 4 is 0 Å². The highest BCUT2D eigenvalue weighted by Gasteiger charge is 2.55. The zero-order valence-electron chi connectivity index (χ0n) is 19.2. The third kappa shape index (κ3) is 5.16. The minimum atomic E-state index is -0.717. The van der Waals surface area contributed by atoms with Gasteiger partial charge in [-0.15, -0.1) is 6.58 Å². The predicted octanol–water partition coefficient (Wildman–Crippen LogP) is 5.99. The molecule has 0 amide bonds. The largest absolute Gasteiger partial charge is 0.490 e. The first-order chi connectivity index (χ1) is 15.0. The van der Waals surface area contributed by atoms with Gasteiger partial charge in [-0.25, -0.2) is 0 Å². The first-order valence-corrected chi connectivity index (χ1v) is 12.2. The second-order valence-corrected chi connectivity index (χ2v) is 9.84. The fourth-order valence-electron chi connectivity index (χ4n) is 5.53. The maximum absolute atomic E-state index is 6.54. The lowest BCUT2D eigenvalue weighted by molar-refractivity contribution is -0.359. The van der Waals surface area contributed by atoms with E-state index in [1.54, 1.807) is 0 Å². The molecule has 3 fully saturated rings. The topological polar surface area (TPSA) is 62.9 Å². The summed E-state index contributed by atoms with van der Waals surface area (Å²) in [5.74, 6) is 0.207. The van der Waals surface area contributed by atoms with Gasteiger partial charge in [0, 0.05) is 24.8 Å². The molecule has 4 atom stereocenters. The lowest BCUT2D eigenvalue weighted by Gasteiger charge is -2.37. The van der Waals surface area contributed by atoms with Gasteiger partial charge in [-0.1, -0.05) is 25.1 Å². The Morgan fingerprint density at radius 1 is 1.16 bits per heavy atom. The minimum Gasteiger partial charge on any atom is -0.490 e. The molecule has 5 heteroatoms. The van der Waals surface area contributed by atoms with Crippen molar-refractivity contribution in [1.82, 2.24) is 0 Å². The number of benzene rings is 1. The summed E-state index contributed by atoms with van der Waals surface area (Å²) in [6.45, 7) is 8.05. The van der Waals surface area contributed by atoms with Gasteiger partial charge in [0.2, 0.25) is 11.6 Å². The SMILES string of the molecule is C=CCC(CC)[C@@]1(C)OO[C@@]2(CCCC(c3ccc(OC4CCC(N)CC4)cc3)C2)O1. The average molecular weight is 430 g/mol. The van der Waals surface area contributed by atoms with E-state index < -0.39 is 11.6 Å². The van der Waals surface area contributed by atoms with E-state index in [-0.39, 0.29) is 5.92 Å². The Hall–Kier alpha value is -1.40. The van der Waals surface area contributed by atoms with Crippen LogP contribution in [0, 0.1) is 5.92 Å². The van der Waals surface area contributed by atoms with Crippen molar-refractivity contribution in [3.05, 3.63) is 42.5 Å². The van der Waals surface area contributed by atoms with Crippen LogP contribution in [-0.4, -0.2) is 23.7 Å². The summed E-state index contributed by atoms with van der Waals surface area (Å²) in [7, 11) is 0. The van der Waals surface area contributed by atoms with Crippen molar-refractivity contribution in [2.45, 2.75) is 108 Å². The van der Waals surface area contributed by atoms with Gasteiger partial charge in [-0.05, 0) is 81.9 Å². The average Bonchev–Trinajstić information content (AvgIpc) is 3.10. The molecule has 2 unspecified atom stereocenters. The molecule has 1 spiro atoms. The third-order valence-electron chi connectivity index (χ3n) is 7.47. The Morgan fingerprint density at radius 2 is 1.90 bits per heavy atom. The lowest BCUT2D eigenvalue weighted by atomic mass is 9.80. The summed E-state index contributed by atoms with van der Waals surface area (Å²) in [6.07, 6.45) is 12.1. The van der Waals surface area contributed by atoms with E-state index >= 15 is 0 Å². The van der Waals surface area contributed by atoms with Gasteiger partial charge in [-0.2, -0.15) is 9.78 Å². The molecule has 1 heterocycles. The van der Waals surface area contributed by atoms with Crippen LogP contribution in [0.25, 0.3) is 0 Å². The van der Waals surface area contributed by atoms with Gasteiger partial charge < -0.3 is 15.2 Å². The van der Waals surface area contributed by atoms with E-state index in [9.17, 15) is 0 Å². The molecule has 1 aromatic carbocycles. The predicted molar refractivity (Wildman–Crippen MR) is 121 cm³/mol. The molecule has 2 aliphatic carbocycles. The normalized spacial score (nSPS) is 36.9. The van der Waals surface area contributed by atoms with Gasteiger partial charge in [0.05, 0.1) is 6.10 Å². The van der Waals surface area contributed by atoms with E-state index in [1.165, 1.54) is 5.56 Å². The number of nitrogens with two attached hydrogens (primary N) is 1. The quantitative estimate of drug-likeness (QED) is 0.426. The molecule has 31 heavy (non-hydrogen) atoms. The van der Waals surface area contributed by atoms with Crippen molar-refractivity contribution < 1.29 is 19.2 Å². The Balaban J connectivity index is 1.38. The highest BCUT2D eigenvalue weighted by molar-refractivity contribution is 5.30. The molecule has 0 bridgehead atoms. The first-order valence-electron chi connectivity index (χ1n) is 12.2. The number of rotatable bonds is 7. The molecule has 0 radical (unpaired) electrons. The molecule has 0 aromatic heterocycles. The van der Waals surface area contributed by atoms with E-state index in [1.807, 2.05) is 13.0 Å². The molecule has 4 rings (SSSR count). The molecule has 1 saturated heterocycles. The molecule has 1 aromatic rings. The van der Waals surface area contributed by atoms with Gasteiger partial charge in [0.15, 0.2) is 0 Å². The Kier molecular flexibility index (Phi) is 7.07. The fraction of sp³-hybridized carbons (Fsp3) is 0.692. The van der Waals surface area contributed by atoms with Crippen LogP contribution in [0.5, 0.6) is 5.75 Å². The lowest BCUT2D eigenvalue weighted by Crippen LogP contribution is -2.42. The van der Waals surface area contributed by atoms with Gasteiger partial charge >= 0.3 is 0 Å². The minimum absolute atomic E-state index is 0.232. The summed E-state index contributed by atoms with van der Waals surface area (Å²) < 4.78 is 12.7. The van der Waals surface area contributed by atoms with E-state index in [0.717, 1.165) is 70.0 Å². The first kappa shape index (κ1) is 22.8. The van der Waals surface area contributed by atoms with E-state index in [0.29, 0.717) is 18.1 Å². The standard InChI is InChI=1S/C26H39NO4/c1-4-7-21(5-2)25(3)29-26(31-30-25)17-6-8-20(18-26)19-9-13-23(14-10-19)28-24-15-11-22(27)12-16-24/h4,9-10,13-14,20-22,24H,1,5-8,11-12,15-18,27H2,2-3H3/t20?,21?,22?,24?,25-,26-/m1/s1. The van der Waals surface area contributed by atoms with Crippen LogP contribution in [0.2, 0.25) is 0 Å². The summed E-state index contributed by atoms with van der Waals surface area (Å²) in [5.41, 5.74) is 7.32. The Bertz CT molecular complexity index is 729. The van der Waals surface area contributed by atoms with Crippen LogP contribution in [-0.2, 0) is 14.5 Å². The Labute approximate surface area is 187 Å². The smallest absolute Gasteiger partial charge is 0.205 e. The number of allylic oxidation sites excluding steroid dienone is 1. The highest BCUT2D eigenvalue weighted by Crippen LogP contribution is 2.50. The highest BCUT2D eigenvalue weighted by atomic mass is 17.3. The molecular formula is C26H39NO4.